The van der Waals surface area contributed by atoms with E-state index in [-0.39, 0.29) is 49.1 Å². The van der Waals surface area contributed by atoms with E-state index in [1.165, 1.54) is 16.4 Å². The van der Waals surface area contributed by atoms with E-state index in [9.17, 15) is 18.3 Å². The van der Waals surface area contributed by atoms with Crippen LogP contribution < -0.4 is 4.74 Å². The summed E-state index contributed by atoms with van der Waals surface area (Å²) in [4.78, 5) is 13.3. The van der Waals surface area contributed by atoms with Crippen LogP contribution in [0.5, 0.6) is 5.75 Å². The van der Waals surface area contributed by atoms with Gasteiger partial charge < -0.3 is 28.8 Å². The Morgan fingerprint density at radius 1 is 1.00 bits per heavy atom. The summed E-state index contributed by atoms with van der Waals surface area (Å²) in [6, 6.07) is 16.0. The van der Waals surface area contributed by atoms with Crippen LogP contribution in [-0.4, -0.2) is 81.5 Å². The van der Waals surface area contributed by atoms with Crippen LogP contribution in [0.1, 0.15) is 51.5 Å². The van der Waals surface area contributed by atoms with Crippen LogP contribution in [0.3, 0.4) is 0 Å². The van der Waals surface area contributed by atoms with Crippen LogP contribution in [0.25, 0.3) is 0 Å². The summed E-state index contributed by atoms with van der Waals surface area (Å²) in [6.07, 6.45) is 1.53. The van der Waals surface area contributed by atoms with Gasteiger partial charge in [-0.3, -0.25) is 4.79 Å². The molecular weight excluding hydrogens is 586 g/mol. The van der Waals surface area contributed by atoms with Gasteiger partial charge in [-0.1, -0.05) is 50.2 Å². The minimum Gasteiger partial charge on any atom is -0.465 e. The molecule has 0 aromatic heterocycles. The van der Waals surface area contributed by atoms with E-state index >= 15 is 0 Å². The second-order valence-electron chi connectivity index (χ2n) is 12.4. The van der Waals surface area contributed by atoms with Crippen LogP contribution in [-0.2, 0) is 40.2 Å². The molecule has 11 heteroatoms. The molecule has 6 atom stereocenters. The number of carbonyl (C=O) groups excluding carboxylic acids is 1. The molecule has 3 heterocycles. The Balaban J connectivity index is 1.31. The summed E-state index contributed by atoms with van der Waals surface area (Å²) in [5.41, 5.74) is 0.936. The summed E-state index contributed by atoms with van der Waals surface area (Å²) in [5.74, 6) is -0.607. The molecule has 10 nitrogen and oxygen atoms in total. The van der Waals surface area contributed by atoms with Crippen molar-refractivity contribution in [1.29, 1.82) is 0 Å². The summed E-state index contributed by atoms with van der Waals surface area (Å²) in [6.45, 7) is 5.35. The van der Waals surface area contributed by atoms with Gasteiger partial charge in [0, 0.05) is 31.5 Å². The van der Waals surface area contributed by atoms with Gasteiger partial charge in [0.2, 0.25) is 10.0 Å². The second kappa shape index (κ2) is 15.2. The van der Waals surface area contributed by atoms with E-state index in [0.717, 1.165) is 31.2 Å². The van der Waals surface area contributed by atoms with Crippen molar-refractivity contribution in [2.45, 2.75) is 82.1 Å². The molecule has 3 unspecified atom stereocenters. The normalized spacial score (nSPS) is 25.1. The molecule has 3 fully saturated rings. The SMILES string of the molecule is CC(C)CN(C[C@@H](O)[C@@H](CC(=O)OC1CO[C@H]2OCCC12)Cc1ccccc1)S(=O)(=O)c1cccc(OC2CCCCO2)c1. The Morgan fingerprint density at radius 2 is 1.82 bits per heavy atom. The molecule has 2 aromatic rings. The van der Waals surface area contributed by atoms with Crippen molar-refractivity contribution < 1.29 is 42.0 Å². The van der Waals surface area contributed by atoms with Gasteiger partial charge in [-0.2, -0.15) is 4.31 Å². The quantitative estimate of drug-likeness (QED) is 0.307. The second-order valence-corrected chi connectivity index (χ2v) is 14.3. The minimum atomic E-state index is -4.01. The van der Waals surface area contributed by atoms with Gasteiger partial charge in [0.1, 0.15) is 11.9 Å². The van der Waals surface area contributed by atoms with Gasteiger partial charge in [-0.15, -0.1) is 0 Å². The first-order valence-electron chi connectivity index (χ1n) is 15.7. The molecule has 242 valence electrons. The predicted molar refractivity (Wildman–Crippen MR) is 162 cm³/mol. The molecule has 0 saturated carbocycles. The van der Waals surface area contributed by atoms with Crippen LogP contribution >= 0.6 is 0 Å². The molecule has 0 amide bonds. The lowest BCUT2D eigenvalue weighted by Gasteiger charge is -2.30. The molecule has 0 radical (unpaired) electrons. The minimum absolute atomic E-state index is 0.00599. The number of rotatable bonds is 14. The number of aliphatic hydroxyl groups excluding tert-OH is 1. The zero-order valence-electron chi connectivity index (χ0n) is 25.6. The number of hydrogen-bond acceptors (Lipinski definition) is 9. The highest BCUT2D eigenvalue weighted by atomic mass is 32.2. The standard InChI is InChI=1S/C33H45NO9S/c1-23(2)20-34(44(37,38)27-12-8-11-26(19-27)42-32-13-6-7-15-39-32)21-29(35)25(17-24-9-4-3-5-10-24)18-31(36)43-30-22-41-33-28(30)14-16-40-33/h3-5,8-12,19,23,25,28-30,32-33,35H,6-7,13-18,20-22H2,1-2H3/t25-,28?,29-,30?,32?,33-/m1/s1. The van der Waals surface area contributed by atoms with Crippen molar-refractivity contribution in [3.05, 3.63) is 60.2 Å². The van der Waals surface area contributed by atoms with Crippen molar-refractivity contribution >= 4 is 16.0 Å². The van der Waals surface area contributed by atoms with E-state index < -0.39 is 40.4 Å². The third kappa shape index (κ3) is 8.58. The van der Waals surface area contributed by atoms with E-state index in [0.29, 0.717) is 25.4 Å². The highest BCUT2D eigenvalue weighted by Gasteiger charge is 2.44. The molecular formula is C33H45NO9S. The number of ether oxygens (including phenoxy) is 5. The molecule has 3 aliphatic rings. The van der Waals surface area contributed by atoms with Crippen LogP contribution in [0, 0.1) is 17.8 Å². The van der Waals surface area contributed by atoms with Crippen LogP contribution in [0.15, 0.2) is 59.5 Å². The van der Waals surface area contributed by atoms with Gasteiger partial charge >= 0.3 is 5.97 Å². The largest absolute Gasteiger partial charge is 0.465 e. The summed E-state index contributed by atoms with van der Waals surface area (Å²) < 4.78 is 57.9. The molecule has 0 spiro atoms. The van der Waals surface area contributed by atoms with Gasteiger partial charge in [-0.25, -0.2) is 8.42 Å². The third-order valence-corrected chi connectivity index (χ3v) is 10.2. The zero-order chi connectivity index (χ0) is 31.1. The van der Waals surface area contributed by atoms with Crippen molar-refractivity contribution in [2.24, 2.45) is 17.8 Å². The molecule has 5 rings (SSSR count). The highest BCUT2D eigenvalue weighted by Crippen LogP contribution is 2.34. The number of esters is 1. The maximum Gasteiger partial charge on any atom is 0.306 e. The molecule has 3 aliphatic heterocycles. The topological polar surface area (TPSA) is 121 Å². The van der Waals surface area contributed by atoms with Crippen molar-refractivity contribution in [3.8, 4) is 5.75 Å². The number of sulfonamides is 1. The van der Waals surface area contributed by atoms with Gasteiger partial charge in [0.05, 0.1) is 43.2 Å². The molecule has 1 N–H and O–H groups in total. The number of fused-ring (bicyclic) bond motifs is 1. The van der Waals surface area contributed by atoms with Gasteiger partial charge in [0.15, 0.2) is 12.6 Å². The zero-order valence-corrected chi connectivity index (χ0v) is 26.4. The van der Waals surface area contributed by atoms with Gasteiger partial charge in [-0.05, 0) is 49.3 Å². The Hall–Kier alpha value is -2.54. The fourth-order valence-corrected chi connectivity index (χ4v) is 7.75. The van der Waals surface area contributed by atoms with Crippen LogP contribution in [0.2, 0.25) is 0 Å². The first-order chi connectivity index (χ1) is 21.2. The molecule has 2 aromatic carbocycles. The molecule has 44 heavy (non-hydrogen) atoms. The van der Waals surface area contributed by atoms with Gasteiger partial charge in [0.25, 0.3) is 0 Å². The third-order valence-electron chi connectivity index (χ3n) is 8.39. The fourth-order valence-electron chi connectivity index (χ4n) is 6.09. The predicted octanol–water partition coefficient (Wildman–Crippen LogP) is 4.15. The van der Waals surface area contributed by atoms with E-state index in [1.54, 1.807) is 12.1 Å². The van der Waals surface area contributed by atoms with E-state index in [4.69, 9.17) is 23.7 Å². The van der Waals surface area contributed by atoms with Crippen molar-refractivity contribution in [3.63, 3.8) is 0 Å². The Morgan fingerprint density at radius 3 is 2.57 bits per heavy atom. The monoisotopic (exact) mass is 631 g/mol. The van der Waals surface area contributed by atoms with Crippen LogP contribution in [0.4, 0.5) is 0 Å². The molecule has 0 aliphatic carbocycles. The first-order valence-corrected chi connectivity index (χ1v) is 17.2. The maximum absolute atomic E-state index is 14.0. The summed E-state index contributed by atoms with van der Waals surface area (Å²) >= 11 is 0. The first kappa shape index (κ1) is 32.8. The van der Waals surface area contributed by atoms with E-state index in [1.807, 2.05) is 44.2 Å². The summed E-state index contributed by atoms with van der Waals surface area (Å²) in [5, 5.41) is 11.6. The number of aliphatic hydroxyl groups is 1. The smallest absolute Gasteiger partial charge is 0.306 e. The fraction of sp³-hybridized carbons (Fsp3) is 0.606. The van der Waals surface area contributed by atoms with Crippen molar-refractivity contribution in [2.75, 3.05) is 32.9 Å². The Kier molecular flexibility index (Phi) is 11.3. The average Bonchev–Trinajstić information content (AvgIpc) is 3.63. The maximum atomic E-state index is 14.0. The summed E-state index contributed by atoms with van der Waals surface area (Å²) in [7, 11) is -4.01. The highest BCUT2D eigenvalue weighted by molar-refractivity contribution is 7.89. The number of nitrogens with zero attached hydrogens (tertiary/aromatic N) is 1. The Bertz CT molecular complexity index is 1320. The molecule has 3 saturated heterocycles. The number of hydrogen-bond donors (Lipinski definition) is 1. The lowest BCUT2D eigenvalue weighted by atomic mass is 9.90. The number of carbonyl (C=O) groups is 1. The lowest BCUT2D eigenvalue weighted by molar-refractivity contribution is -0.153. The van der Waals surface area contributed by atoms with Crippen molar-refractivity contribution in [1.82, 2.24) is 4.31 Å². The van der Waals surface area contributed by atoms with E-state index in [2.05, 4.69) is 0 Å². The average molecular weight is 632 g/mol. The Labute approximate surface area is 260 Å². The number of benzene rings is 2. The lowest BCUT2D eigenvalue weighted by Crippen LogP contribution is -2.43. The molecule has 0 bridgehead atoms.